The second-order valence-electron chi connectivity index (χ2n) is 10.7. The molecule has 4 atom stereocenters. The number of aromatic hydroxyl groups is 1. The Morgan fingerprint density at radius 3 is 2.50 bits per heavy atom. The van der Waals surface area contributed by atoms with Crippen molar-refractivity contribution >= 4 is 17.3 Å². The molecule has 3 aliphatic rings. The summed E-state index contributed by atoms with van der Waals surface area (Å²) in [4.78, 5) is 24.1. The summed E-state index contributed by atoms with van der Waals surface area (Å²) < 4.78 is 29.7. The van der Waals surface area contributed by atoms with Crippen LogP contribution in [0.15, 0.2) is 54.7 Å². The van der Waals surface area contributed by atoms with Crippen LogP contribution in [0.3, 0.4) is 0 Å². The van der Waals surface area contributed by atoms with Crippen LogP contribution in [0.1, 0.15) is 34.3 Å². The molecule has 0 saturated carbocycles. The molecule has 1 aromatic heterocycles. The minimum absolute atomic E-state index is 0.0217. The smallest absolute Gasteiger partial charge is 0.310 e. The lowest BCUT2D eigenvalue weighted by molar-refractivity contribution is -0.384. The molecule has 226 valence electrons. The molecule has 7 rings (SSSR count). The number of esters is 1. The van der Waals surface area contributed by atoms with Crippen LogP contribution in [0.25, 0.3) is 0 Å². The summed E-state index contributed by atoms with van der Waals surface area (Å²) in [5.74, 6) is -0.372. The van der Waals surface area contributed by atoms with Gasteiger partial charge in [0.25, 0.3) is 5.69 Å². The van der Waals surface area contributed by atoms with Crippen LogP contribution in [-0.4, -0.2) is 58.6 Å². The zero-order valence-electron chi connectivity index (χ0n) is 23.6. The lowest BCUT2D eigenvalue weighted by Crippen LogP contribution is -2.37. The van der Waals surface area contributed by atoms with Gasteiger partial charge in [-0.25, -0.2) is 4.68 Å². The van der Waals surface area contributed by atoms with Gasteiger partial charge in [-0.3, -0.25) is 14.9 Å². The van der Waals surface area contributed by atoms with Crippen molar-refractivity contribution in [1.29, 1.82) is 0 Å². The number of benzene rings is 3. The maximum absolute atomic E-state index is 13.4. The van der Waals surface area contributed by atoms with Gasteiger partial charge in [-0.1, -0.05) is 11.3 Å². The summed E-state index contributed by atoms with van der Waals surface area (Å²) >= 11 is 0. The molecule has 1 saturated heterocycles. The van der Waals surface area contributed by atoms with Gasteiger partial charge in [0.05, 0.1) is 50.5 Å². The molecule has 0 bridgehead atoms. The molecular weight excluding hydrogens is 574 g/mol. The Hall–Kier alpha value is -5.53. The van der Waals surface area contributed by atoms with Gasteiger partial charge in [0, 0.05) is 29.7 Å². The first-order valence-corrected chi connectivity index (χ1v) is 13.8. The Kier molecular flexibility index (Phi) is 6.60. The van der Waals surface area contributed by atoms with Gasteiger partial charge in [0.15, 0.2) is 23.0 Å². The van der Waals surface area contributed by atoms with Gasteiger partial charge in [-0.2, -0.15) is 0 Å². The van der Waals surface area contributed by atoms with Crippen LogP contribution in [-0.2, 0) is 16.1 Å². The topological polar surface area (TPSA) is 169 Å². The number of hydrogen-bond acceptors (Lipinski definition) is 12. The van der Waals surface area contributed by atoms with Crippen LogP contribution in [0.4, 0.5) is 11.4 Å². The summed E-state index contributed by atoms with van der Waals surface area (Å²) in [6, 6.07) is 13.0. The Morgan fingerprint density at radius 1 is 1.07 bits per heavy atom. The molecule has 2 N–H and O–H groups in total. The number of ether oxygens (including phenoxy) is 5. The standard InChI is InChI=1S/C30H27N5O9/c1-40-24-6-15(7-25(41-2)29(24)36)26-19-9-22-23(44-14-43-22)10-20(19)28(21-13-42-30(37)27(21)26)34-12-17(32-33-34)11-31-16-4-3-5-18(8-16)35(38)39/h3-10,12,21,26-28,31,36H,11,13-14H2,1-2H3/t21-,26+,27-,28+/m0/s1. The summed E-state index contributed by atoms with van der Waals surface area (Å²) in [6.45, 7) is 0.493. The number of methoxy groups -OCH3 is 2. The second kappa shape index (κ2) is 10.6. The van der Waals surface area contributed by atoms with Crippen LogP contribution in [0.5, 0.6) is 28.7 Å². The van der Waals surface area contributed by atoms with Crippen molar-refractivity contribution in [3.63, 3.8) is 0 Å². The predicted molar refractivity (Wildman–Crippen MR) is 152 cm³/mol. The number of fused-ring (bicyclic) bond motifs is 3. The number of non-ortho nitro benzene ring substituents is 1. The van der Waals surface area contributed by atoms with E-state index in [1.807, 2.05) is 12.1 Å². The maximum Gasteiger partial charge on any atom is 0.310 e. The first kappa shape index (κ1) is 27.3. The molecule has 0 amide bonds. The second-order valence-corrected chi connectivity index (χ2v) is 10.7. The molecule has 44 heavy (non-hydrogen) atoms. The van der Waals surface area contributed by atoms with E-state index in [9.17, 15) is 20.0 Å². The number of anilines is 1. The van der Waals surface area contributed by atoms with E-state index in [1.54, 1.807) is 35.1 Å². The van der Waals surface area contributed by atoms with E-state index < -0.39 is 22.8 Å². The summed E-state index contributed by atoms with van der Waals surface area (Å²) in [6.07, 6.45) is 1.79. The van der Waals surface area contributed by atoms with E-state index in [-0.39, 0.29) is 54.8 Å². The zero-order valence-corrected chi connectivity index (χ0v) is 23.6. The Labute approximate surface area is 250 Å². The molecular formula is C30H27N5O9. The number of cyclic esters (lactones) is 1. The van der Waals surface area contributed by atoms with Crippen LogP contribution >= 0.6 is 0 Å². The average Bonchev–Trinajstić information content (AvgIpc) is 3.79. The van der Waals surface area contributed by atoms with E-state index in [4.69, 9.17) is 23.7 Å². The highest BCUT2D eigenvalue weighted by atomic mass is 16.7. The first-order valence-electron chi connectivity index (χ1n) is 13.8. The molecule has 14 heteroatoms. The van der Waals surface area contributed by atoms with Crippen molar-refractivity contribution in [2.45, 2.75) is 18.5 Å². The Bertz CT molecular complexity index is 1770. The van der Waals surface area contributed by atoms with Gasteiger partial charge in [0.2, 0.25) is 12.5 Å². The number of carbonyl (C=O) groups excluding carboxylic acids is 1. The van der Waals surface area contributed by atoms with Gasteiger partial charge in [0.1, 0.15) is 5.69 Å². The fourth-order valence-corrected chi connectivity index (χ4v) is 6.42. The van der Waals surface area contributed by atoms with Gasteiger partial charge >= 0.3 is 5.97 Å². The molecule has 0 unspecified atom stereocenters. The third-order valence-electron chi connectivity index (χ3n) is 8.38. The average molecular weight is 602 g/mol. The number of nitrogens with zero attached hydrogens (tertiary/aromatic N) is 4. The number of phenols is 1. The van der Waals surface area contributed by atoms with Crippen molar-refractivity contribution in [3.8, 4) is 28.7 Å². The quantitative estimate of drug-likeness (QED) is 0.171. The molecule has 1 fully saturated rings. The minimum atomic E-state index is -0.609. The monoisotopic (exact) mass is 601 g/mol. The molecule has 1 aliphatic carbocycles. The van der Waals surface area contributed by atoms with E-state index in [1.165, 1.54) is 26.4 Å². The molecule has 2 aliphatic heterocycles. The number of nitro groups is 1. The minimum Gasteiger partial charge on any atom is -0.502 e. The van der Waals surface area contributed by atoms with Crippen molar-refractivity contribution in [3.05, 3.63) is 87.2 Å². The number of rotatable bonds is 8. The number of carbonyl (C=O) groups is 1. The summed E-state index contributed by atoms with van der Waals surface area (Å²) in [5, 5.41) is 33.7. The lowest BCUT2D eigenvalue weighted by atomic mass is 9.65. The molecule has 0 radical (unpaired) electrons. The van der Waals surface area contributed by atoms with Crippen LogP contribution < -0.4 is 24.3 Å². The van der Waals surface area contributed by atoms with E-state index in [2.05, 4.69) is 15.6 Å². The highest BCUT2D eigenvalue weighted by molar-refractivity contribution is 5.79. The van der Waals surface area contributed by atoms with E-state index in [0.29, 0.717) is 28.4 Å². The van der Waals surface area contributed by atoms with E-state index in [0.717, 1.165) is 11.1 Å². The van der Waals surface area contributed by atoms with Crippen molar-refractivity contribution in [2.24, 2.45) is 11.8 Å². The third kappa shape index (κ3) is 4.46. The van der Waals surface area contributed by atoms with Gasteiger partial charge in [-0.15, -0.1) is 5.10 Å². The van der Waals surface area contributed by atoms with Gasteiger partial charge in [-0.05, 0) is 47.0 Å². The fourth-order valence-electron chi connectivity index (χ4n) is 6.42. The summed E-state index contributed by atoms with van der Waals surface area (Å²) in [5.41, 5.74) is 3.50. The molecule has 3 heterocycles. The third-order valence-corrected chi connectivity index (χ3v) is 8.38. The number of nitrogens with one attached hydrogen (secondary N) is 1. The number of phenolic OH excluding ortho intramolecular Hbond substituents is 1. The van der Waals surface area contributed by atoms with Crippen molar-refractivity contribution in [2.75, 3.05) is 32.9 Å². The Balaban J connectivity index is 1.30. The normalized spacial score (nSPS) is 21.3. The molecule has 4 aromatic rings. The van der Waals surface area contributed by atoms with Gasteiger partial charge < -0.3 is 34.1 Å². The zero-order chi connectivity index (χ0) is 30.5. The number of nitro benzene ring substituents is 1. The fraction of sp³-hybridized carbons (Fsp3) is 0.300. The predicted octanol–water partition coefficient (Wildman–Crippen LogP) is 3.77. The number of aromatic nitrogens is 3. The Morgan fingerprint density at radius 2 is 1.80 bits per heavy atom. The molecule has 14 nitrogen and oxygen atoms in total. The largest absolute Gasteiger partial charge is 0.502 e. The lowest BCUT2D eigenvalue weighted by Gasteiger charge is -2.39. The SMILES string of the molecule is COc1cc([C@@H]2c3cc4c(cc3[C@@H](n3cc(CNc5cccc([N+](=O)[O-])c5)nn3)[C@H]3COC(=O)[C@H]23)OCO4)cc(OC)c1O. The van der Waals surface area contributed by atoms with Crippen LogP contribution in [0.2, 0.25) is 0 Å². The maximum atomic E-state index is 13.4. The van der Waals surface area contributed by atoms with E-state index >= 15 is 0 Å². The van der Waals surface area contributed by atoms with Crippen molar-refractivity contribution < 1.29 is 38.5 Å². The highest BCUT2D eigenvalue weighted by Crippen LogP contribution is 2.56. The summed E-state index contributed by atoms with van der Waals surface area (Å²) in [7, 11) is 2.90. The van der Waals surface area contributed by atoms with Crippen LogP contribution in [0, 0.1) is 22.0 Å². The van der Waals surface area contributed by atoms with Crippen molar-refractivity contribution in [1.82, 2.24) is 15.0 Å². The molecule has 0 spiro atoms. The molecule has 3 aromatic carbocycles. The first-order chi connectivity index (χ1) is 21.4. The highest BCUT2D eigenvalue weighted by Gasteiger charge is 2.53. The number of hydrogen-bond donors (Lipinski definition) is 2.